The predicted molar refractivity (Wildman–Crippen MR) is 86.4 cm³/mol. The van der Waals surface area contributed by atoms with Gasteiger partial charge in [0.05, 0.1) is 18.0 Å². The Morgan fingerprint density at radius 1 is 1.55 bits per heavy atom. The molecule has 6 nitrogen and oxygen atoms in total. The van der Waals surface area contributed by atoms with Gasteiger partial charge in [0.1, 0.15) is 5.01 Å². The van der Waals surface area contributed by atoms with Crippen LogP contribution in [0.4, 0.5) is 0 Å². The number of nitrogens with one attached hydrogen (secondary N) is 1. The maximum absolute atomic E-state index is 12.3. The maximum Gasteiger partial charge on any atom is 0.236 e. The highest BCUT2D eigenvalue weighted by Gasteiger charge is 2.29. The molecule has 2 rings (SSSR count). The number of thiazole rings is 1. The molecule has 1 aliphatic heterocycles. The Bertz CT molecular complexity index is 555. The Morgan fingerprint density at radius 2 is 2.27 bits per heavy atom. The standard InChI is InChI=1S/C15H24N4O2S/c1-10-9-22-14(18-10)15(2,3)17-7-12(20)19-6-4-5-11(8-19)13(16)21/h9,11,17H,4-8H2,1-3H3,(H2,16,21). The van der Waals surface area contributed by atoms with Gasteiger partial charge in [-0.3, -0.25) is 14.9 Å². The molecule has 122 valence electrons. The first-order valence-corrected chi connectivity index (χ1v) is 8.42. The summed E-state index contributed by atoms with van der Waals surface area (Å²) in [5.41, 5.74) is 5.99. The molecule has 1 aromatic rings. The second-order valence-corrected chi connectivity index (χ2v) is 7.21. The van der Waals surface area contributed by atoms with Gasteiger partial charge in [0.25, 0.3) is 0 Å². The number of primary amides is 1. The van der Waals surface area contributed by atoms with Gasteiger partial charge in [0.15, 0.2) is 0 Å². The van der Waals surface area contributed by atoms with E-state index in [0.29, 0.717) is 13.1 Å². The van der Waals surface area contributed by atoms with Crippen molar-refractivity contribution in [3.63, 3.8) is 0 Å². The molecular weight excluding hydrogens is 300 g/mol. The smallest absolute Gasteiger partial charge is 0.236 e. The number of carbonyl (C=O) groups excluding carboxylic acids is 2. The van der Waals surface area contributed by atoms with Gasteiger partial charge in [-0.2, -0.15) is 0 Å². The first-order valence-electron chi connectivity index (χ1n) is 7.54. The van der Waals surface area contributed by atoms with E-state index in [9.17, 15) is 9.59 Å². The number of amides is 2. The lowest BCUT2D eigenvalue weighted by Crippen LogP contribution is -2.49. The van der Waals surface area contributed by atoms with Crippen LogP contribution in [0.2, 0.25) is 0 Å². The second kappa shape index (κ2) is 6.75. The quantitative estimate of drug-likeness (QED) is 0.846. The number of likely N-dealkylation sites (tertiary alicyclic amines) is 1. The van der Waals surface area contributed by atoms with E-state index in [0.717, 1.165) is 23.5 Å². The average Bonchev–Trinajstić information content (AvgIpc) is 2.92. The summed E-state index contributed by atoms with van der Waals surface area (Å²) in [5.74, 6) is -0.524. The Kier molecular flexibility index (Phi) is 5.18. The zero-order valence-electron chi connectivity index (χ0n) is 13.4. The van der Waals surface area contributed by atoms with Crippen molar-refractivity contribution in [1.29, 1.82) is 0 Å². The monoisotopic (exact) mass is 324 g/mol. The largest absolute Gasteiger partial charge is 0.369 e. The fourth-order valence-corrected chi connectivity index (χ4v) is 3.46. The van der Waals surface area contributed by atoms with Crippen LogP contribution in [-0.2, 0) is 15.1 Å². The van der Waals surface area contributed by atoms with E-state index in [-0.39, 0.29) is 29.8 Å². The Balaban J connectivity index is 1.90. The molecule has 1 saturated heterocycles. The van der Waals surface area contributed by atoms with Gasteiger partial charge in [-0.05, 0) is 33.6 Å². The zero-order chi connectivity index (χ0) is 16.3. The average molecular weight is 324 g/mol. The van der Waals surface area contributed by atoms with E-state index in [2.05, 4.69) is 10.3 Å². The van der Waals surface area contributed by atoms with Crippen molar-refractivity contribution in [3.8, 4) is 0 Å². The number of hydrogen-bond acceptors (Lipinski definition) is 5. The molecule has 1 atom stereocenters. The third-order valence-corrected chi connectivity index (χ3v) is 5.30. The molecule has 3 N–H and O–H groups in total. The summed E-state index contributed by atoms with van der Waals surface area (Å²) in [4.78, 5) is 29.8. The summed E-state index contributed by atoms with van der Waals surface area (Å²) in [7, 11) is 0. The van der Waals surface area contributed by atoms with Crippen LogP contribution in [0.5, 0.6) is 0 Å². The van der Waals surface area contributed by atoms with Crippen molar-refractivity contribution in [3.05, 3.63) is 16.1 Å². The van der Waals surface area contributed by atoms with Crippen LogP contribution < -0.4 is 11.1 Å². The number of piperidine rings is 1. The summed E-state index contributed by atoms with van der Waals surface area (Å²) in [6.45, 7) is 7.35. The van der Waals surface area contributed by atoms with Gasteiger partial charge in [0, 0.05) is 24.2 Å². The molecule has 1 unspecified atom stereocenters. The summed E-state index contributed by atoms with van der Waals surface area (Å²) in [6, 6.07) is 0. The SMILES string of the molecule is Cc1csc(C(C)(C)NCC(=O)N2CCCC(C(N)=O)C2)n1. The van der Waals surface area contributed by atoms with Crippen LogP contribution in [0.15, 0.2) is 5.38 Å². The summed E-state index contributed by atoms with van der Waals surface area (Å²) < 4.78 is 0. The van der Waals surface area contributed by atoms with E-state index >= 15 is 0 Å². The van der Waals surface area contributed by atoms with Crippen molar-refractivity contribution in [2.45, 2.75) is 39.2 Å². The number of hydrogen-bond donors (Lipinski definition) is 2. The first-order chi connectivity index (χ1) is 10.3. The van der Waals surface area contributed by atoms with E-state index in [4.69, 9.17) is 5.73 Å². The molecule has 0 spiro atoms. The fraction of sp³-hybridized carbons (Fsp3) is 0.667. The number of aryl methyl sites for hydroxylation is 1. The molecule has 0 saturated carbocycles. The van der Waals surface area contributed by atoms with E-state index in [1.165, 1.54) is 0 Å². The first kappa shape index (κ1) is 16.9. The molecule has 0 bridgehead atoms. The van der Waals surface area contributed by atoms with Crippen molar-refractivity contribution >= 4 is 23.2 Å². The summed E-state index contributed by atoms with van der Waals surface area (Å²) in [6.07, 6.45) is 1.60. The molecule has 0 radical (unpaired) electrons. The van der Waals surface area contributed by atoms with E-state index in [1.54, 1.807) is 16.2 Å². The zero-order valence-corrected chi connectivity index (χ0v) is 14.2. The van der Waals surface area contributed by atoms with Gasteiger partial charge in [-0.1, -0.05) is 0 Å². The molecule has 2 amide bonds. The third-order valence-electron chi connectivity index (χ3n) is 4.01. The molecule has 7 heteroatoms. The van der Waals surface area contributed by atoms with Crippen molar-refractivity contribution < 1.29 is 9.59 Å². The minimum atomic E-state index is -0.354. The van der Waals surface area contributed by atoms with Gasteiger partial charge >= 0.3 is 0 Å². The highest BCUT2D eigenvalue weighted by atomic mass is 32.1. The van der Waals surface area contributed by atoms with Crippen molar-refractivity contribution in [2.75, 3.05) is 19.6 Å². The summed E-state index contributed by atoms with van der Waals surface area (Å²) in [5, 5.41) is 6.24. The molecule has 1 aromatic heterocycles. The van der Waals surface area contributed by atoms with Crippen molar-refractivity contribution in [2.24, 2.45) is 11.7 Å². The van der Waals surface area contributed by atoms with Crippen LogP contribution in [-0.4, -0.2) is 41.3 Å². The van der Waals surface area contributed by atoms with Gasteiger partial charge in [-0.15, -0.1) is 11.3 Å². The highest BCUT2D eigenvalue weighted by Crippen LogP contribution is 2.23. The van der Waals surface area contributed by atoms with Gasteiger partial charge < -0.3 is 10.6 Å². The van der Waals surface area contributed by atoms with Crippen molar-refractivity contribution in [1.82, 2.24) is 15.2 Å². The Hall–Kier alpha value is -1.47. The van der Waals surface area contributed by atoms with E-state index in [1.807, 2.05) is 26.2 Å². The molecule has 1 aliphatic rings. The second-order valence-electron chi connectivity index (χ2n) is 6.35. The third kappa shape index (κ3) is 4.04. The normalized spacial score (nSPS) is 19.2. The molecule has 0 aromatic carbocycles. The molecular formula is C15H24N4O2S. The van der Waals surface area contributed by atoms with Crippen LogP contribution in [0.25, 0.3) is 0 Å². The highest BCUT2D eigenvalue weighted by molar-refractivity contribution is 7.09. The van der Waals surface area contributed by atoms with Gasteiger partial charge in [0.2, 0.25) is 11.8 Å². The fourth-order valence-electron chi connectivity index (χ4n) is 2.56. The molecule has 1 fully saturated rings. The van der Waals surface area contributed by atoms with Crippen LogP contribution in [0, 0.1) is 12.8 Å². The summed E-state index contributed by atoms with van der Waals surface area (Å²) >= 11 is 1.59. The Morgan fingerprint density at radius 3 is 2.86 bits per heavy atom. The predicted octanol–water partition coefficient (Wildman–Crippen LogP) is 1.00. The minimum absolute atomic E-state index is 0.00676. The number of rotatable bonds is 5. The van der Waals surface area contributed by atoms with E-state index < -0.39 is 0 Å². The molecule has 22 heavy (non-hydrogen) atoms. The minimum Gasteiger partial charge on any atom is -0.369 e. The lowest BCUT2D eigenvalue weighted by Gasteiger charge is -2.32. The molecule has 2 heterocycles. The topological polar surface area (TPSA) is 88.3 Å². The number of aromatic nitrogens is 1. The Labute approximate surface area is 135 Å². The van der Waals surface area contributed by atoms with Crippen LogP contribution in [0.3, 0.4) is 0 Å². The van der Waals surface area contributed by atoms with Crippen LogP contribution in [0.1, 0.15) is 37.4 Å². The lowest BCUT2D eigenvalue weighted by atomic mass is 9.97. The number of nitrogens with two attached hydrogens (primary N) is 1. The lowest BCUT2D eigenvalue weighted by molar-refractivity contribution is -0.134. The number of nitrogens with zero attached hydrogens (tertiary/aromatic N) is 2. The molecule has 0 aliphatic carbocycles. The maximum atomic E-state index is 12.3. The van der Waals surface area contributed by atoms with Crippen LogP contribution >= 0.6 is 11.3 Å². The number of carbonyl (C=O) groups is 2. The van der Waals surface area contributed by atoms with Gasteiger partial charge in [-0.25, -0.2) is 4.98 Å².